The van der Waals surface area contributed by atoms with Crippen LogP contribution in [-0.4, -0.2) is 53.1 Å². The van der Waals surface area contributed by atoms with Gasteiger partial charge in [-0.05, 0) is 38.2 Å². The molecule has 4 nitrogen and oxygen atoms in total. The average molecular weight is 304 g/mol. The molecule has 1 aromatic rings. The van der Waals surface area contributed by atoms with E-state index in [0.29, 0.717) is 11.8 Å². The second-order valence-corrected chi connectivity index (χ2v) is 7.71. The third-order valence-electron chi connectivity index (χ3n) is 4.61. The van der Waals surface area contributed by atoms with E-state index in [1.54, 1.807) is 0 Å². The summed E-state index contributed by atoms with van der Waals surface area (Å²) in [6.07, 6.45) is -0.770. The zero-order valence-electron chi connectivity index (χ0n) is 13.9. The Balaban J connectivity index is 1.50. The van der Waals surface area contributed by atoms with Crippen molar-refractivity contribution in [3.63, 3.8) is 0 Å². The molecule has 1 N–H and O–H groups in total. The topological polar surface area (TPSA) is 35.9 Å². The van der Waals surface area contributed by atoms with Crippen molar-refractivity contribution in [2.45, 2.75) is 39.3 Å². The van der Waals surface area contributed by atoms with Crippen LogP contribution in [0.25, 0.3) is 0 Å². The van der Waals surface area contributed by atoms with Crippen molar-refractivity contribution in [3.05, 3.63) is 35.9 Å². The van der Waals surface area contributed by atoms with Crippen LogP contribution >= 0.6 is 0 Å². The molecule has 0 aliphatic carbocycles. The van der Waals surface area contributed by atoms with E-state index < -0.39 is 6.41 Å². The first kappa shape index (κ1) is 15.9. The first-order valence-corrected chi connectivity index (χ1v) is 8.27. The Morgan fingerprint density at radius 3 is 2.23 bits per heavy atom. The lowest BCUT2D eigenvalue weighted by atomic mass is 10.0. The molecule has 0 radical (unpaired) electrons. The molecule has 22 heavy (non-hydrogen) atoms. The molecule has 2 unspecified atom stereocenters. The highest BCUT2D eigenvalue weighted by atomic mass is 16.6. The first-order valence-electron chi connectivity index (χ1n) is 8.27. The molecule has 2 saturated heterocycles. The van der Waals surface area contributed by atoms with Gasteiger partial charge in [-0.25, -0.2) is 0 Å². The molecule has 1 aromatic carbocycles. The highest BCUT2D eigenvalue weighted by molar-refractivity contribution is 5.15. The van der Waals surface area contributed by atoms with Crippen LogP contribution < -0.4 is 0 Å². The van der Waals surface area contributed by atoms with Crippen LogP contribution in [0, 0.1) is 11.8 Å². The molecule has 4 heteroatoms. The molecule has 2 aliphatic heterocycles. The van der Waals surface area contributed by atoms with Gasteiger partial charge in [-0.2, -0.15) is 0 Å². The summed E-state index contributed by atoms with van der Waals surface area (Å²) in [6.45, 7) is 11.1. The van der Waals surface area contributed by atoms with Crippen molar-refractivity contribution < 1.29 is 9.84 Å². The van der Waals surface area contributed by atoms with Crippen LogP contribution in [-0.2, 0) is 11.3 Å². The Labute approximate surface area is 133 Å². The third kappa shape index (κ3) is 3.87. The standard InChI is InChI=1S/C18H28N2O2/c1-18(2,3)22-17(21)20-12-15-10-19(11-16(15)13-20)9-14-7-5-4-6-8-14/h4-8,15-17,21H,9-13H2,1-3H3/t15?,16?,17-/m1/s1. The molecule has 122 valence electrons. The summed E-state index contributed by atoms with van der Waals surface area (Å²) < 4.78 is 5.68. The number of likely N-dealkylation sites (tertiary alicyclic amines) is 2. The van der Waals surface area contributed by atoms with E-state index in [0.717, 1.165) is 32.7 Å². The van der Waals surface area contributed by atoms with Gasteiger partial charge in [0, 0.05) is 32.7 Å². The molecule has 0 amide bonds. The fraction of sp³-hybridized carbons (Fsp3) is 0.667. The SMILES string of the molecule is CC(C)(C)O[C@@H](O)N1CC2CN(Cc3ccccc3)CC2C1. The number of ether oxygens (including phenoxy) is 1. The zero-order valence-corrected chi connectivity index (χ0v) is 13.9. The quantitative estimate of drug-likeness (QED) is 0.865. The number of aliphatic hydroxyl groups is 1. The highest BCUT2D eigenvalue weighted by Crippen LogP contribution is 2.33. The Morgan fingerprint density at radius 1 is 1.09 bits per heavy atom. The lowest BCUT2D eigenvalue weighted by Gasteiger charge is -2.30. The molecule has 3 rings (SSSR count). The average Bonchev–Trinajstić information content (AvgIpc) is 2.96. The van der Waals surface area contributed by atoms with Gasteiger partial charge in [-0.15, -0.1) is 0 Å². The van der Waals surface area contributed by atoms with E-state index >= 15 is 0 Å². The third-order valence-corrected chi connectivity index (χ3v) is 4.61. The summed E-state index contributed by atoms with van der Waals surface area (Å²) >= 11 is 0. The van der Waals surface area contributed by atoms with E-state index in [9.17, 15) is 5.11 Å². The minimum atomic E-state index is -0.770. The van der Waals surface area contributed by atoms with E-state index in [-0.39, 0.29) is 5.60 Å². The van der Waals surface area contributed by atoms with Crippen molar-refractivity contribution in [1.82, 2.24) is 9.80 Å². The summed E-state index contributed by atoms with van der Waals surface area (Å²) in [5.41, 5.74) is 1.08. The molecule has 0 aromatic heterocycles. The van der Waals surface area contributed by atoms with Crippen LogP contribution in [0.5, 0.6) is 0 Å². The molecule has 0 saturated carbocycles. The van der Waals surface area contributed by atoms with Gasteiger partial charge in [0.25, 0.3) is 0 Å². The van der Waals surface area contributed by atoms with Crippen molar-refractivity contribution in [1.29, 1.82) is 0 Å². The minimum absolute atomic E-state index is 0.309. The predicted octanol–water partition coefficient (Wildman–Crippen LogP) is 2.14. The number of rotatable bonds is 4. The van der Waals surface area contributed by atoms with Crippen LogP contribution in [0.15, 0.2) is 30.3 Å². The fourth-order valence-electron chi connectivity index (χ4n) is 3.67. The number of nitrogens with zero attached hydrogens (tertiary/aromatic N) is 2. The second kappa shape index (κ2) is 6.28. The Bertz CT molecular complexity index is 472. The van der Waals surface area contributed by atoms with Crippen molar-refractivity contribution in [2.75, 3.05) is 26.2 Å². The lowest BCUT2D eigenvalue weighted by molar-refractivity contribution is -0.235. The Morgan fingerprint density at radius 2 is 1.68 bits per heavy atom. The maximum Gasteiger partial charge on any atom is 0.216 e. The molecule has 0 bridgehead atoms. The molecule has 0 spiro atoms. The molecule has 2 heterocycles. The smallest absolute Gasteiger partial charge is 0.216 e. The van der Waals surface area contributed by atoms with Gasteiger partial charge < -0.3 is 9.84 Å². The predicted molar refractivity (Wildman–Crippen MR) is 87.1 cm³/mol. The monoisotopic (exact) mass is 304 g/mol. The van der Waals surface area contributed by atoms with Gasteiger partial charge in [-0.3, -0.25) is 9.80 Å². The van der Waals surface area contributed by atoms with Gasteiger partial charge in [0.1, 0.15) is 0 Å². The fourth-order valence-corrected chi connectivity index (χ4v) is 3.67. The molecule has 2 aliphatic rings. The molecular formula is C18H28N2O2. The van der Waals surface area contributed by atoms with Gasteiger partial charge in [0.2, 0.25) is 6.41 Å². The molecular weight excluding hydrogens is 276 g/mol. The number of benzene rings is 1. The lowest BCUT2D eigenvalue weighted by Crippen LogP contribution is -2.42. The van der Waals surface area contributed by atoms with Gasteiger partial charge in [0.15, 0.2) is 0 Å². The van der Waals surface area contributed by atoms with E-state index in [1.807, 2.05) is 20.8 Å². The van der Waals surface area contributed by atoms with E-state index in [2.05, 4.69) is 40.1 Å². The summed E-state index contributed by atoms with van der Waals surface area (Å²) in [6, 6.07) is 10.7. The second-order valence-electron chi connectivity index (χ2n) is 7.71. The Kier molecular flexibility index (Phi) is 4.55. The summed E-state index contributed by atoms with van der Waals surface area (Å²) in [4.78, 5) is 4.62. The highest BCUT2D eigenvalue weighted by Gasteiger charge is 2.42. The number of hydrogen-bond donors (Lipinski definition) is 1. The van der Waals surface area contributed by atoms with Crippen LogP contribution in [0.4, 0.5) is 0 Å². The van der Waals surface area contributed by atoms with Crippen molar-refractivity contribution in [3.8, 4) is 0 Å². The van der Waals surface area contributed by atoms with Gasteiger partial charge >= 0.3 is 0 Å². The first-order chi connectivity index (χ1) is 10.4. The number of hydrogen-bond acceptors (Lipinski definition) is 4. The maximum atomic E-state index is 10.2. The summed E-state index contributed by atoms with van der Waals surface area (Å²) in [5, 5.41) is 10.2. The van der Waals surface area contributed by atoms with Crippen LogP contribution in [0.3, 0.4) is 0 Å². The Hall–Kier alpha value is -0.940. The van der Waals surface area contributed by atoms with Crippen LogP contribution in [0.2, 0.25) is 0 Å². The van der Waals surface area contributed by atoms with Crippen LogP contribution in [0.1, 0.15) is 26.3 Å². The van der Waals surface area contributed by atoms with Crippen molar-refractivity contribution in [2.24, 2.45) is 11.8 Å². The summed E-state index contributed by atoms with van der Waals surface area (Å²) in [7, 11) is 0. The van der Waals surface area contributed by atoms with Crippen molar-refractivity contribution >= 4 is 0 Å². The number of fused-ring (bicyclic) bond motifs is 1. The van der Waals surface area contributed by atoms with Gasteiger partial charge in [-0.1, -0.05) is 30.3 Å². The zero-order chi connectivity index (χ0) is 15.7. The largest absolute Gasteiger partial charge is 0.356 e. The minimum Gasteiger partial charge on any atom is -0.356 e. The molecule has 2 fully saturated rings. The molecule has 3 atom stereocenters. The normalized spacial score (nSPS) is 28.0. The van der Waals surface area contributed by atoms with Gasteiger partial charge in [0.05, 0.1) is 5.60 Å². The summed E-state index contributed by atoms with van der Waals surface area (Å²) in [5.74, 6) is 1.31. The maximum absolute atomic E-state index is 10.2. The van der Waals surface area contributed by atoms with E-state index in [4.69, 9.17) is 4.74 Å². The van der Waals surface area contributed by atoms with E-state index in [1.165, 1.54) is 5.56 Å². The number of aliphatic hydroxyl groups excluding tert-OH is 1.